The zero-order valence-corrected chi connectivity index (χ0v) is 70.9. The van der Waals surface area contributed by atoms with Crippen LogP contribution in [0.5, 0.6) is 0 Å². The van der Waals surface area contributed by atoms with Crippen molar-refractivity contribution >= 4 is 100 Å². The van der Waals surface area contributed by atoms with Crippen LogP contribution in [0.4, 0.5) is 56.9 Å². The van der Waals surface area contributed by atoms with E-state index in [1.807, 2.05) is 291 Å². The number of aryl methyl sites for hydroxylation is 7. The van der Waals surface area contributed by atoms with Crippen molar-refractivity contribution < 1.29 is 4.73 Å². The number of rotatable bonds is 20. The van der Waals surface area contributed by atoms with E-state index in [9.17, 15) is 34.4 Å². The van der Waals surface area contributed by atoms with Crippen LogP contribution in [-0.4, -0.2) is 63.9 Å². The molecule has 0 aliphatic carbocycles. The second-order valence-corrected chi connectivity index (χ2v) is 29.5. The molecule has 0 radical (unpaired) electrons. The Morgan fingerprint density at radius 1 is 0.373 bits per heavy atom. The zero-order valence-electron chi connectivity index (χ0n) is 70.1. The van der Waals surface area contributed by atoms with Gasteiger partial charge in [-0.15, -0.1) is 11.3 Å². The second-order valence-electron chi connectivity index (χ2n) is 28.6. The van der Waals surface area contributed by atoms with Gasteiger partial charge in [-0.2, -0.15) is 35.5 Å². The average molecular weight is 1690 g/mol. The largest absolute Gasteiger partial charge is 0.618 e. The Morgan fingerprint density at radius 3 is 1.29 bits per heavy atom. The van der Waals surface area contributed by atoms with Crippen LogP contribution in [0.25, 0.3) is 88.2 Å². The fourth-order valence-corrected chi connectivity index (χ4v) is 14.5. The Balaban J connectivity index is 0.000000128. The predicted octanol–water partition coefficient (Wildman–Crippen LogP) is 19.2. The minimum atomic E-state index is -0.336. The maximum Gasteiger partial charge on any atom is 0.291 e. The number of nitrogens with one attached hydrogen (secondary N) is 5. The molecule has 126 heavy (non-hydrogen) atoms. The molecule has 18 aromatic rings. The summed E-state index contributed by atoms with van der Waals surface area (Å²) in [5.74, 6) is 0. The van der Waals surface area contributed by atoms with Crippen LogP contribution in [0.1, 0.15) is 51.3 Å². The summed E-state index contributed by atoms with van der Waals surface area (Å²) in [6, 6.07) is 88.3. The number of benzene rings is 8. The first-order valence-corrected chi connectivity index (χ1v) is 41.8. The van der Waals surface area contributed by atoms with Crippen molar-refractivity contribution in [2.24, 2.45) is 0 Å². The third-order valence-corrected chi connectivity index (χ3v) is 21.1. The van der Waals surface area contributed by atoms with Crippen molar-refractivity contribution in [1.82, 2.24) is 63.9 Å². The maximum absolute atomic E-state index is 12.8. The van der Waals surface area contributed by atoms with Gasteiger partial charge in [-0.3, -0.25) is 38.9 Å². The highest BCUT2D eigenvalue weighted by Gasteiger charge is 2.21. The van der Waals surface area contributed by atoms with Gasteiger partial charge in [0.2, 0.25) is 5.52 Å². The van der Waals surface area contributed by atoms with Crippen molar-refractivity contribution in [3.63, 3.8) is 0 Å². The first-order chi connectivity index (χ1) is 61.5. The first-order valence-electron chi connectivity index (χ1n) is 40.9. The molecule has 0 saturated heterocycles. The zero-order chi connectivity index (χ0) is 88.0. The van der Waals surface area contributed by atoms with Crippen LogP contribution < -0.4 is 59.1 Å². The molecule has 10 heterocycles. The van der Waals surface area contributed by atoms with Gasteiger partial charge in [-0.25, -0.2) is 23.4 Å². The van der Waals surface area contributed by atoms with Gasteiger partial charge < -0.3 is 31.8 Å². The van der Waals surface area contributed by atoms with E-state index in [1.165, 1.54) is 35.2 Å². The number of fused-ring (bicyclic) bond motifs is 3. The van der Waals surface area contributed by atoms with Crippen LogP contribution >= 0.6 is 11.3 Å². The molecule has 18 rings (SSSR count). The van der Waals surface area contributed by atoms with Gasteiger partial charge in [0, 0.05) is 125 Å². The number of nitrogens with zero attached hydrogens (tertiary/aromatic N) is 15. The summed E-state index contributed by atoms with van der Waals surface area (Å²) < 4.78 is 9.14. The van der Waals surface area contributed by atoms with Gasteiger partial charge in [0.05, 0.1) is 61.6 Å². The van der Waals surface area contributed by atoms with Crippen LogP contribution in [0, 0.1) is 30.4 Å². The van der Waals surface area contributed by atoms with E-state index in [0.717, 1.165) is 98.6 Å². The molecule has 0 unspecified atom stereocenters. The van der Waals surface area contributed by atoms with Crippen LogP contribution in [-0.2, 0) is 32.7 Å². The normalized spacial score (nSPS) is 10.7. The van der Waals surface area contributed by atoms with Gasteiger partial charge >= 0.3 is 0 Å². The smallest absolute Gasteiger partial charge is 0.291 e. The van der Waals surface area contributed by atoms with Crippen molar-refractivity contribution in [3.8, 4) is 62.4 Å². The third-order valence-electron chi connectivity index (χ3n) is 20.2. The summed E-state index contributed by atoms with van der Waals surface area (Å²) in [7, 11) is 0. The van der Waals surface area contributed by atoms with Crippen molar-refractivity contribution in [1.29, 1.82) is 5.26 Å². The fraction of sp³-hybridized carbons (Fsp3) is 0.121. The van der Waals surface area contributed by atoms with E-state index in [0.29, 0.717) is 83.8 Å². The standard InChI is InChI=1S/C22H20N4O2.C22H20N4O.C19H16N4OS.C18H15N5O.C18H17N3O/c1-3-25-22(27)20(14-19(24-25)16-11-9-15(2)10-12-16)23-18-7-4-8-21-17(18)6-5-13-26(21)28;1-3-26-22(27)21(14-20(25-26)16-11-9-15(2)10-12-16)24-19-8-4-7-18-17(19)6-5-13-23-18;1-2-23-19(24)16(10-15(22-23)13-6-4-3-5-7-13)21-17-12-25-18-11-20-9-8-14(17)18;1-2-23-18(24)17(21-14-9-6-10-20-12-14)15(11-19)16(22-23)13-7-4-3-5-8-13;1-2-21-18(22)17(19-15-11-7-4-8-12-15)13-16(20-21)14-9-5-3-6-10-14/h4-14,23H,3H2,1-2H3;4-14,24H,3H2,1-2H3;3-12,21H,2H2,1H3;3-10,12,21H,2H2,1H3;3-13,19H,2H2,1H3. The minimum absolute atomic E-state index is 0.119. The molecule has 0 atom stereocenters. The molecule has 26 nitrogen and oxygen atoms in total. The average Bonchev–Trinajstić information content (AvgIpc) is 0.885. The maximum atomic E-state index is 12.8. The second kappa shape index (κ2) is 40.7. The molecule has 0 aliphatic rings. The highest BCUT2D eigenvalue weighted by molar-refractivity contribution is 7.17. The number of aromatic nitrogens is 14. The molecule has 0 aliphatic heterocycles. The highest BCUT2D eigenvalue weighted by Crippen LogP contribution is 2.34. The molecule has 8 aromatic carbocycles. The lowest BCUT2D eigenvalue weighted by molar-refractivity contribution is -0.577. The quantitative estimate of drug-likeness (QED) is 0.0350. The lowest BCUT2D eigenvalue weighted by Gasteiger charge is -2.13. The summed E-state index contributed by atoms with van der Waals surface area (Å²) in [6.45, 7) is 16.0. The van der Waals surface area contributed by atoms with E-state index in [-0.39, 0.29) is 39.0 Å². The SMILES string of the molecule is CCn1nc(-c2ccc(C)cc2)cc(Nc2cccc3c2ccc[n+]3[O-])c1=O.CCn1nc(-c2ccc(C)cc2)cc(Nc2cccc3ncccc23)c1=O.CCn1nc(-c2ccccc2)c(C#N)c(Nc2cccnc2)c1=O.CCn1nc(-c2ccccc2)cc(Nc2ccccc2)c1=O.CCn1nc(-c2ccccc2)cc(Nc2csc3cnccc23)c1=O. The van der Waals surface area contributed by atoms with Crippen molar-refractivity contribution in [2.75, 3.05) is 26.6 Å². The lowest BCUT2D eigenvalue weighted by atomic mass is 10.1. The molecule has 27 heteroatoms. The monoisotopic (exact) mass is 1680 g/mol. The van der Waals surface area contributed by atoms with Crippen LogP contribution in [0.15, 0.2) is 340 Å². The van der Waals surface area contributed by atoms with E-state index < -0.39 is 0 Å². The fourth-order valence-electron chi connectivity index (χ4n) is 13.6. The number of hydrogen-bond donors (Lipinski definition) is 5. The van der Waals surface area contributed by atoms with Crippen molar-refractivity contribution in [3.05, 3.63) is 389 Å². The Labute approximate surface area is 729 Å². The topological polar surface area (TPSA) is 324 Å². The molecule has 0 amide bonds. The van der Waals surface area contributed by atoms with E-state index in [2.05, 4.69) is 73.1 Å². The molecular weight excluding hydrogens is 1600 g/mol. The molecule has 0 saturated carbocycles. The molecular formula is C99H88N20O6S. The van der Waals surface area contributed by atoms with E-state index in [1.54, 1.807) is 78.6 Å². The third kappa shape index (κ3) is 20.4. The minimum Gasteiger partial charge on any atom is -0.618 e. The summed E-state index contributed by atoms with van der Waals surface area (Å²) in [5, 5.41) is 64.7. The predicted molar refractivity (Wildman–Crippen MR) is 504 cm³/mol. The van der Waals surface area contributed by atoms with Crippen molar-refractivity contribution in [2.45, 2.75) is 81.2 Å². The molecule has 5 N–H and O–H groups in total. The summed E-state index contributed by atoms with van der Waals surface area (Å²) >= 11 is 1.60. The molecule has 10 aromatic heterocycles. The van der Waals surface area contributed by atoms with E-state index >= 15 is 0 Å². The number of hydrogen-bond acceptors (Lipinski definition) is 21. The molecule has 626 valence electrons. The van der Waals surface area contributed by atoms with Gasteiger partial charge in [-0.05, 0) is 139 Å². The van der Waals surface area contributed by atoms with Gasteiger partial charge in [-0.1, -0.05) is 181 Å². The molecule has 0 spiro atoms. The summed E-state index contributed by atoms with van der Waals surface area (Å²) in [5.41, 5.74) is 17.4. The summed E-state index contributed by atoms with van der Waals surface area (Å²) in [6.07, 6.45) is 10.0. The van der Waals surface area contributed by atoms with Gasteiger partial charge in [0.1, 0.15) is 45.8 Å². The Kier molecular flexibility index (Phi) is 27.8. The Morgan fingerprint density at radius 2 is 0.802 bits per heavy atom. The van der Waals surface area contributed by atoms with Crippen LogP contribution in [0.3, 0.4) is 0 Å². The first kappa shape index (κ1) is 85.9. The van der Waals surface area contributed by atoms with Crippen LogP contribution in [0.2, 0.25) is 0 Å². The number of anilines is 10. The Hall–Kier alpha value is -16.5. The van der Waals surface area contributed by atoms with E-state index in [4.69, 9.17) is 0 Å². The number of nitriles is 1. The highest BCUT2D eigenvalue weighted by atomic mass is 32.1. The van der Waals surface area contributed by atoms with Gasteiger partial charge in [0.15, 0.2) is 6.20 Å². The summed E-state index contributed by atoms with van der Waals surface area (Å²) in [4.78, 5) is 75.9. The number of pyridine rings is 4. The Bertz CT molecular complexity index is 7210. The molecule has 0 fully saturated rings. The number of para-hydroxylation sites is 1. The lowest BCUT2D eigenvalue weighted by Crippen LogP contribution is -2.26. The van der Waals surface area contributed by atoms with Gasteiger partial charge in [0.25, 0.3) is 27.8 Å². The molecule has 0 bridgehead atoms. The number of thiophene rings is 1.